The van der Waals surface area contributed by atoms with E-state index in [-0.39, 0.29) is 6.61 Å². The van der Waals surface area contributed by atoms with Gasteiger partial charge in [0, 0.05) is 24.7 Å². The topological polar surface area (TPSA) is 32.7 Å². The normalized spacial score (nSPS) is 16.4. The average Bonchev–Trinajstić information content (AvgIpc) is 2.92. The van der Waals surface area contributed by atoms with E-state index in [2.05, 4.69) is 11.0 Å². The third-order valence-corrected chi connectivity index (χ3v) is 3.79. The summed E-state index contributed by atoms with van der Waals surface area (Å²) in [6, 6.07) is 8.78. The monoisotopic (exact) mass is 249 g/mol. The number of methoxy groups -OCH3 is 1. The van der Waals surface area contributed by atoms with Gasteiger partial charge >= 0.3 is 0 Å². The van der Waals surface area contributed by atoms with Crippen molar-refractivity contribution in [2.45, 2.75) is 38.3 Å². The van der Waals surface area contributed by atoms with Crippen molar-refractivity contribution in [3.63, 3.8) is 0 Å². The van der Waals surface area contributed by atoms with Crippen LogP contribution in [0.25, 0.3) is 0 Å². The summed E-state index contributed by atoms with van der Waals surface area (Å²) in [5.74, 6) is 0.943. The molecule has 0 heterocycles. The van der Waals surface area contributed by atoms with Gasteiger partial charge in [-0.1, -0.05) is 31.0 Å². The van der Waals surface area contributed by atoms with Crippen molar-refractivity contribution in [1.29, 1.82) is 0 Å². The van der Waals surface area contributed by atoms with Gasteiger partial charge in [-0.2, -0.15) is 0 Å². The Hall–Kier alpha value is -1.06. The summed E-state index contributed by atoms with van der Waals surface area (Å²) in [4.78, 5) is 2.39. The molecule has 0 bridgehead atoms. The molecule has 1 aromatic carbocycles. The van der Waals surface area contributed by atoms with Crippen molar-refractivity contribution >= 4 is 0 Å². The van der Waals surface area contributed by atoms with Crippen molar-refractivity contribution in [2.75, 3.05) is 20.3 Å². The van der Waals surface area contributed by atoms with Crippen LogP contribution in [-0.2, 0) is 6.54 Å². The van der Waals surface area contributed by atoms with E-state index in [1.807, 2.05) is 18.2 Å². The summed E-state index contributed by atoms with van der Waals surface area (Å²) < 4.78 is 5.40. The molecular weight excluding hydrogens is 226 g/mol. The third kappa shape index (κ3) is 3.24. The van der Waals surface area contributed by atoms with E-state index in [1.165, 1.54) is 31.2 Å². The fourth-order valence-corrected chi connectivity index (χ4v) is 2.84. The Kier molecular flexibility index (Phi) is 5.02. The first kappa shape index (κ1) is 13.4. The predicted octanol–water partition coefficient (Wildman–Crippen LogP) is 2.43. The van der Waals surface area contributed by atoms with E-state index in [4.69, 9.17) is 4.74 Å². The molecule has 0 aliphatic heterocycles. The molecule has 1 aliphatic carbocycles. The SMILES string of the molecule is COc1ccccc1CN(CCO)C1CCCC1. The molecule has 1 saturated carbocycles. The predicted molar refractivity (Wildman–Crippen MR) is 72.7 cm³/mol. The average molecular weight is 249 g/mol. The van der Waals surface area contributed by atoms with Gasteiger partial charge < -0.3 is 9.84 Å². The molecule has 1 fully saturated rings. The maximum absolute atomic E-state index is 9.23. The summed E-state index contributed by atoms with van der Waals surface area (Å²) in [5.41, 5.74) is 1.21. The van der Waals surface area contributed by atoms with Gasteiger partial charge in [-0.05, 0) is 18.9 Å². The number of benzene rings is 1. The van der Waals surface area contributed by atoms with E-state index < -0.39 is 0 Å². The summed E-state index contributed by atoms with van der Waals surface area (Å²) in [7, 11) is 1.71. The molecule has 2 rings (SSSR count). The van der Waals surface area contributed by atoms with Gasteiger partial charge in [0.25, 0.3) is 0 Å². The lowest BCUT2D eigenvalue weighted by Gasteiger charge is -2.28. The second-order valence-electron chi connectivity index (χ2n) is 4.94. The number of aliphatic hydroxyl groups excluding tert-OH is 1. The Bertz CT molecular complexity index is 361. The van der Waals surface area contributed by atoms with E-state index in [0.29, 0.717) is 6.04 Å². The Morgan fingerprint density at radius 2 is 2.00 bits per heavy atom. The first-order chi connectivity index (χ1) is 8.85. The van der Waals surface area contributed by atoms with Crippen LogP contribution in [0.2, 0.25) is 0 Å². The zero-order chi connectivity index (χ0) is 12.8. The van der Waals surface area contributed by atoms with Crippen LogP contribution in [0.1, 0.15) is 31.2 Å². The summed E-state index contributed by atoms with van der Waals surface area (Å²) in [6.07, 6.45) is 5.15. The quantitative estimate of drug-likeness (QED) is 0.840. The highest BCUT2D eigenvalue weighted by Crippen LogP contribution is 2.27. The molecule has 0 radical (unpaired) electrons. The molecule has 3 heteroatoms. The minimum atomic E-state index is 0.228. The van der Waals surface area contributed by atoms with Gasteiger partial charge in [-0.25, -0.2) is 0 Å². The Balaban J connectivity index is 2.07. The maximum Gasteiger partial charge on any atom is 0.123 e. The molecule has 0 amide bonds. The van der Waals surface area contributed by atoms with Crippen LogP contribution in [0, 0.1) is 0 Å². The van der Waals surface area contributed by atoms with Crippen molar-refractivity contribution in [3.05, 3.63) is 29.8 Å². The lowest BCUT2D eigenvalue weighted by Crippen LogP contribution is -2.35. The van der Waals surface area contributed by atoms with Crippen molar-refractivity contribution in [1.82, 2.24) is 4.90 Å². The minimum absolute atomic E-state index is 0.228. The van der Waals surface area contributed by atoms with Gasteiger partial charge in [-0.3, -0.25) is 4.90 Å². The standard InChI is InChI=1S/C15H23NO2/c1-18-15-9-5-2-6-13(15)12-16(10-11-17)14-7-3-4-8-14/h2,5-6,9,14,17H,3-4,7-8,10-12H2,1H3. The van der Waals surface area contributed by atoms with Crippen molar-refractivity contribution in [2.24, 2.45) is 0 Å². The Labute approximate surface area is 109 Å². The fraction of sp³-hybridized carbons (Fsp3) is 0.600. The van der Waals surface area contributed by atoms with Crippen LogP contribution in [0.5, 0.6) is 5.75 Å². The summed E-state index contributed by atoms with van der Waals surface area (Å²) >= 11 is 0. The van der Waals surface area contributed by atoms with E-state index >= 15 is 0 Å². The summed E-state index contributed by atoms with van der Waals surface area (Å²) in [6.45, 7) is 1.85. The largest absolute Gasteiger partial charge is 0.496 e. The molecule has 1 N–H and O–H groups in total. The Morgan fingerprint density at radius 3 is 2.67 bits per heavy atom. The maximum atomic E-state index is 9.23. The molecule has 0 atom stereocenters. The fourth-order valence-electron chi connectivity index (χ4n) is 2.84. The molecule has 1 aliphatic rings. The highest BCUT2D eigenvalue weighted by atomic mass is 16.5. The van der Waals surface area contributed by atoms with Crippen LogP contribution in [-0.4, -0.2) is 36.3 Å². The van der Waals surface area contributed by atoms with Crippen molar-refractivity contribution in [3.8, 4) is 5.75 Å². The molecule has 0 unspecified atom stereocenters. The zero-order valence-corrected chi connectivity index (χ0v) is 11.1. The number of nitrogens with zero attached hydrogens (tertiary/aromatic N) is 1. The number of aliphatic hydroxyl groups is 1. The second-order valence-corrected chi connectivity index (χ2v) is 4.94. The van der Waals surface area contributed by atoms with Gasteiger partial charge in [0.2, 0.25) is 0 Å². The van der Waals surface area contributed by atoms with Crippen LogP contribution >= 0.6 is 0 Å². The molecule has 18 heavy (non-hydrogen) atoms. The number of hydrogen-bond acceptors (Lipinski definition) is 3. The lowest BCUT2D eigenvalue weighted by atomic mass is 10.1. The smallest absolute Gasteiger partial charge is 0.123 e. The highest BCUT2D eigenvalue weighted by Gasteiger charge is 2.22. The number of para-hydroxylation sites is 1. The minimum Gasteiger partial charge on any atom is -0.496 e. The van der Waals surface area contributed by atoms with Crippen molar-refractivity contribution < 1.29 is 9.84 Å². The number of ether oxygens (including phenoxy) is 1. The van der Waals surface area contributed by atoms with Crippen LogP contribution < -0.4 is 4.74 Å². The molecule has 0 spiro atoms. The van der Waals surface area contributed by atoms with E-state index in [1.54, 1.807) is 7.11 Å². The number of hydrogen-bond donors (Lipinski definition) is 1. The van der Waals surface area contributed by atoms with Gasteiger partial charge in [0.05, 0.1) is 13.7 Å². The van der Waals surface area contributed by atoms with Crippen LogP contribution in [0.3, 0.4) is 0 Å². The molecule has 0 aromatic heterocycles. The van der Waals surface area contributed by atoms with Gasteiger partial charge in [0.15, 0.2) is 0 Å². The second kappa shape index (κ2) is 6.76. The van der Waals surface area contributed by atoms with Gasteiger partial charge in [-0.15, -0.1) is 0 Å². The molecule has 0 saturated heterocycles. The molecule has 3 nitrogen and oxygen atoms in total. The molecule has 100 valence electrons. The summed E-state index contributed by atoms with van der Waals surface area (Å²) in [5, 5.41) is 9.23. The lowest BCUT2D eigenvalue weighted by molar-refractivity contribution is 0.143. The van der Waals surface area contributed by atoms with Gasteiger partial charge in [0.1, 0.15) is 5.75 Å². The van der Waals surface area contributed by atoms with Crippen LogP contribution in [0.15, 0.2) is 24.3 Å². The highest BCUT2D eigenvalue weighted by molar-refractivity contribution is 5.33. The molecule has 1 aromatic rings. The Morgan fingerprint density at radius 1 is 1.28 bits per heavy atom. The first-order valence-electron chi connectivity index (χ1n) is 6.82. The third-order valence-electron chi connectivity index (χ3n) is 3.79. The first-order valence-corrected chi connectivity index (χ1v) is 6.82. The van der Waals surface area contributed by atoms with E-state index in [0.717, 1.165) is 18.8 Å². The molecular formula is C15H23NO2. The number of rotatable bonds is 6. The van der Waals surface area contributed by atoms with E-state index in [9.17, 15) is 5.11 Å². The zero-order valence-electron chi connectivity index (χ0n) is 11.1. The van der Waals surface area contributed by atoms with Crippen LogP contribution in [0.4, 0.5) is 0 Å².